The monoisotopic (exact) mass is 671 g/mol. The third-order valence-corrected chi connectivity index (χ3v) is 8.80. The summed E-state index contributed by atoms with van der Waals surface area (Å²) in [7, 11) is 0. The molecular formula is C36H41N5O6S. The molecule has 0 aliphatic carbocycles. The van der Waals surface area contributed by atoms with E-state index in [0.717, 1.165) is 39.1 Å². The Kier molecular flexibility index (Phi) is 11.8. The number of anilines is 3. The topological polar surface area (TPSA) is 112 Å². The normalized spacial score (nSPS) is 16.6. The smallest absolute Gasteiger partial charge is 0.338 e. The van der Waals surface area contributed by atoms with Crippen LogP contribution in [-0.2, 0) is 19.1 Å². The number of piperazine rings is 1. The molecule has 0 bridgehead atoms. The second-order valence-electron chi connectivity index (χ2n) is 11.5. The number of carbonyl (C=O) groups excluding carboxylic acids is 4. The number of hydrogen-bond donors (Lipinski definition) is 1. The maximum absolute atomic E-state index is 13.9. The Morgan fingerprint density at radius 2 is 1.35 bits per heavy atom. The van der Waals surface area contributed by atoms with E-state index in [2.05, 4.69) is 39.4 Å². The van der Waals surface area contributed by atoms with Crippen molar-refractivity contribution in [2.75, 3.05) is 67.6 Å². The molecule has 2 saturated heterocycles. The second-order valence-corrected chi connectivity index (χ2v) is 11.9. The van der Waals surface area contributed by atoms with Crippen LogP contribution in [0.25, 0.3) is 0 Å². The summed E-state index contributed by atoms with van der Waals surface area (Å²) >= 11 is 5.85. The highest BCUT2D eigenvalue weighted by Gasteiger charge is 2.44. The van der Waals surface area contributed by atoms with Gasteiger partial charge in [-0.15, -0.1) is 0 Å². The van der Waals surface area contributed by atoms with Gasteiger partial charge in [-0.2, -0.15) is 0 Å². The van der Waals surface area contributed by atoms with Crippen LogP contribution in [0.15, 0.2) is 78.9 Å². The van der Waals surface area contributed by atoms with Gasteiger partial charge < -0.3 is 24.6 Å². The zero-order chi connectivity index (χ0) is 34.0. The molecule has 48 heavy (non-hydrogen) atoms. The maximum Gasteiger partial charge on any atom is 0.338 e. The Bertz CT molecular complexity index is 1590. The molecule has 1 N–H and O–H groups in total. The van der Waals surface area contributed by atoms with Gasteiger partial charge in [0.25, 0.3) is 5.91 Å². The number of carbonyl (C=O) groups is 4. The SMILES string of the molecule is CCOC(=O)c1ccc(NC(=O)C[C@@H]2C(=O)N(c3ccc(C(=O)OCC)cc3)C(=S)N2CCCN2CCN(c3ccccc3)CC2)cc1. The summed E-state index contributed by atoms with van der Waals surface area (Å²) in [5, 5.41) is 3.15. The number of ether oxygens (including phenoxy) is 2. The van der Waals surface area contributed by atoms with Crippen LogP contribution in [0, 0.1) is 0 Å². The van der Waals surface area contributed by atoms with Crippen LogP contribution >= 0.6 is 12.2 Å². The molecule has 0 radical (unpaired) electrons. The van der Waals surface area contributed by atoms with Gasteiger partial charge in [0.15, 0.2) is 5.11 Å². The Hall–Kier alpha value is -4.81. The van der Waals surface area contributed by atoms with Crippen molar-refractivity contribution in [2.24, 2.45) is 0 Å². The lowest BCUT2D eigenvalue weighted by atomic mass is 10.1. The van der Waals surface area contributed by atoms with Crippen molar-refractivity contribution in [3.63, 3.8) is 0 Å². The first kappa shape index (κ1) is 34.5. The van der Waals surface area contributed by atoms with Crippen LogP contribution in [0.1, 0.15) is 47.4 Å². The van der Waals surface area contributed by atoms with Gasteiger partial charge in [-0.1, -0.05) is 18.2 Å². The number of nitrogens with one attached hydrogen (secondary N) is 1. The molecule has 3 aromatic carbocycles. The number of para-hydroxylation sites is 1. The number of benzene rings is 3. The first-order valence-corrected chi connectivity index (χ1v) is 16.7. The van der Waals surface area contributed by atoms with Crippen LogP contribution in [0.5, 0.6) is 0 Å². The van der Waals surface area contributed by atoms with Crippen molar-refractivity contribution < 1.29 is 28.7 Å². The molecule has 11 nitrogen and oxygen atoms in total. The van der Waals surface area contributed by atoms with E-state index in [0.29, 0.717) is 34.2 Å². The number of amides is 2. The van der Waals surface area contributed by atoms with Crippen molar-refractivity contribution in [1.29, 1.82) is 0 Å². The summed E-state index contributed by atoms with van der Waals surface area (Å²) in [5.41, 5.74) is 2.98. The van der Waals surface area contributed by atoms with Crippen molar-refractivity contribution in [3.8, 4) is 0 Å². The predicted molar refractivity (Wildman–Crippen MR) is 188 cm³/mol. The second kappa shape index (κ2) is 16.3. The standard InChI is InChI=1S/C36H41N5O6S/c1-3-46-34(44)26-11-15-28(16-12-26)37-32(42)25-31-33(43)41(30-17-13-27(14-18-30)35(45)47-4-2)36(48)40(31)20-8-19-38-21-23-39(24-22-38)29-9-6-5-7-10-29/h5-7,9-18,31H,3-4,8,19-25H2,1-2H3,(H,37,42)/t31-/m1/s1. The highest BCUT2D eigenvalue weighted by molar-refractivity contribution is 7.80. The Morgan fingerprint density at radius 3 is 1.94 bits per heavy atom. The average molecular weight is 672 g/mol. The van der Waals surface area contributed by atoms with Gasteiger partial charge in [0.1, 0.15) is 6.04 Å². The number of rotatable bonds is 13. The van der Waals surface area contributed by atoms with Gasteiger partial charge in [0.05, 0.1) is 36.4 Å². The number of thiocarbonyl (C=S) groups is 1. The zero-order valence-corrected chi connectivity index (χ0v) is 28.1. The fourth-order valence-corrected chi connectivity index (χ4v) is 6.32. The molecule has 2 amide bonds. The largest absolute Gasteiger partial charge is 0.462 e. The van der Waals surface area contributed by atoms with E-state index in [1.165, 1.54) is 10.6 Å². The lowest BCUT2D eigenvalue weighted by molar-refractivity contribution is -0.124. The van der Waals surface area contributed by atoms with Gasteiger partial charge in [0.2, 0.25) is 5.91 Å². The Balaban J connectivity index is 1.25. The summed E-state index contributed by atoms with van der Waals surface area (Å²) in [5.74, 6) is -1.56. The lowest BCUT2D eigenvalue weighted by Gasteiger charge is -2.36. The average Bonchev–Trinajstić information content (AvgIpc) is 3.33. The summed E-state index contributed by atoms with van der Waals surface area (Å²) < 4.78 is 10.1. The number of nitrogens with zero attached hydrogens (tertiary/aromatic N) is 4. The van der Waals surface area contributed by atoms with Gasteiger partial charge in [-0.25, -0.2) is 9.59 Å². The summed E-state index contributed by atoms with van der Waals surface area (Å²) in [6.45, 7) is 9.04. The molecule has 5 rings (SSSR count). The molecule has 0 aromatic heterocycles. The molecule has 3 aromatic rings. The molecule has 2 heterocycles. The van der Waals surface area contributed by atoms with Gasteiger partial charge in [0, 0.05) is 44.1 Å². The van der Waals surface area contributed by atoms with E-state index < -0.39 is 18.0 Å². The highest BCUT2D eigenvalue weighted by atomic mass is 32.1. The van der Waals surface area contributed by atoms with E-state index in [4.69, 9.17) is 21.7 Å². The number of hydrogen-bond acceptors (Lipinski definition) is 9. The third kappa shape index (κ3) is 8.36. The minimum atomic E-state index is -0.809. The van der Waals surface area contributed by atoms with Gasteiger partial charge in [-0.05, 0) is 99.7 Å². The molecule has 2 aliphatic rings. The minimum Gasteiger partial charge on any atom is -0.462 e. The van der Waals surface area contributed by atoms with E-state index in [1.807, 2.05) is 11.0 Å². The van der Waals surface area contributed by atoms with E-state index in [1.54, 1.807) is 62.4 Å². The number of esters is 2. The summed E-state index contributed by atoms with van der Waals surface area (Å²) in [6, 6.07) is 22.5. The molecular weight excluding hydrogens is 630 g/mol. The maximum atomic E-state index is 13.9. The molecule has 2 fully saturated rings. The van der Waals surface area contributed by atoms with Crippen LogP contribution in [0.2, 0.25) is 0 Å². The minimum absolute atomic E-state index is 0.119. The van der Waals surface area contributed by atoms with Crippen LogP contribution in [0.3, 0.4) is 0 Å². The highest BCUT2D eigenvalue weighted by Crippen LogP contribution is 2.28. The fraction of sp³-hybridized carbons (Fsp3) is 0.361. The van der Waals surface area contributed by atoms with Crippen molar-refractivity contribution in [1.82, 2.24) is 9.80 Å². The van der Waals surface area contributed by atoms with Crippen molar-refractivity contribution in [2.45, 2.75) is 32.7 Å². The van der Waals surface area contributed by atoms with Crippen molar-refractivity contribution >= 4 is 58.1 Å². The van der Waals surface area contributed by atoms with E-state index in [9.17, 15) is 19.2 Å². The summed E-state index contributed by atoms with van der Waals surface area (Å²) in [4.78, 5) is 59.4. The Labute approximate surface area is 286 Å². The molecule has 1 atom stereocenters. The molecule has 0 unspecified atom stereocenters. The van der Waals surface area contributed by atoms with Crippen LogP contribution < -0.4 is 15.1 Å². The summed E-state index contributed by atoms with van der Waals surface area (Å²) in [6.07, 6.45) is 0.633. The molecule has 12 heteroatoms. The quantitative estimate of drug-likeness (QED) is 0.205. The van der Waals surface area contributed by atoms with Crippen LogP contribution in [0.4, 0.5) is 17.1 Å². The fourth-order valence-electron chi connectivity index (χ4n) is 5.91. The Morgan fingerprint density at radius 1 is 0.771 bits per heavy atom. The zero-order valence-electron chi connectivity index (χ0n) is 27.3. The molecule has 2 aliphatic heterocycles. The molecule has 0 spiro atoms. The third-order valence-electron chi connectivity index (χ3n) is 8.38. The van der Waals surface area contributed by atoms with Crippen LogP contribution in [-0.4, -0.2) is 97.2 Å². The first-order valence-electron chi connectivity index (χ1n) is 16.3. The molecule has 252 valence electrons. The van der Waals surface area contributed by atoms with Gasteiger partial charge >= 0.3 is 11.9 Å². The first-order chi connectivity index (χ1) is 23.3. The van der Waals surface area contributed by atoms with Crippen molar-refractivity contribution in [3.05, 3.63) is 90.0 Å². The molecule has 0 saturated carbocycles. The van der Waals surface area contributed by atoms with Gasteiger partial charge in [-0.3, -0.25) is 19.4 Å². The van der Waals surface area contributed by atoms with E-state index >= 15 is 0 Å². The van der Waals surface area contributed by atoms with E-state index in [-0.39, 0.29) is 31.4 Å². The lowest BCUT2D eigenvalue weighted by Crippen LogP contribution is -2.47. The predicted octanol–water partition coefficient (Wildman–Crippen LogP) is 4.58.